The van der Waals surface area contributed by atoms with Crippen LogP contribution in [0.5, 0.6) is 0 Å². The van der Waals surface area contributed by atoms with Crippen LogP contribution in [0.3, 0.4) is 0 Å². The molecule has 2 N–H and O–H groups in total. The SMILES string of the molecule is COCCCNC(=O)C(C)C1CCN(C(=O)c2cc3ccccc3[nH]2)CC1. The Morgan fingerprint density at radius 3 is 2.74 bits per heavy atom. The molecule has 0 spiro atoms. The van der Waals surface area contributed by atoms with Crippen molar-refractivity contribution in [3.05, 3.63) is 36.0 Å². The molecule has 1 saturated heterocycles. The van der Waals surface area contributed by atoms with Gasteiger partial charge in [0.15, 0.2) is 0 Å². The summed E-state index contributed by atoms with van der Waals surface area (Å²) in [6, 6.07) is 9.82. The maximum absolute atomic E-state index is 12.8. The second-order valence-corrected chi connectivity index (χ2v) is 7.33. The first kappa shape index (κ1) is 19.4. The highest BCUT2D eigenvalue weighted by molar-refractivity contribution is 5.98. The molecule has 1 atom stereocenters. The minimum Gasteiger partial charge on any atom is -0.385 e. The molecule has 0 bridgehead atoms. The lowest BCUT2D eigenvalue weighted by Gasteiger charge is -2.34. The third-order valence-corrected chi connectivity index (χ3v) is 5.53. The fourth-order valence-electron chi connectivity index (χ4n) is 3.76. The predicted octanol–water partition coefficient (Wildman–Crippen LogP) is 2.81. The first-order valence-electron chi connectivity index (χ1n) is 9.74. The van der Waals surface area contributed by atoms with Gasteiger partial charge in [0.05, 0.1) is 0 Å². The number of amides is 2. The van der Waals surface area contributed by atoms with Crippen LogP contribution in [0.4, 0.5) is 0 Å². The van der Waals surface area contributed by atoms with Gasteiger partial charge in [0, 0.05) is 50.2 Å². The number of hydrogen-bond donors (Lipinski definition) is 2. The van der Waals surface area contributed by atoms with Crippen molar-refractivity contribution in [3.8, 4) is 0 Å². The number of carbonyl (C=O) groups excluding carboxylic acids is 2. The summed E-state index contributed by atoms with van der Waals surface area (Å²) in [6.45, 7) is 4.68. The van der Waals surface area contributed by atoms with E-state index in [1.54, 1.807) is 7.11 Å². The number of benzene rings is 1. The van der Waals surface area contributed by atoms with E-state index in [9.17, 15) is 9.59 Å². The number of fused-ring (bicyclic) bond motifs is 1. The summed E-state index contributed by atoms with van der Waals surface area (Å²) in [4.78, 5) is 30.2. The van der Waals surface area contributed by atoms with Gasteiger partial charge in [-0.05, 0) is 37.3 Å². The second kappa shape index (κ2) is 9.04. The number of rotatable bonds is 7. The van der Waals surface area contributed by atoms with Gasteiger partial charge in [0.1, 0.15) is 5.69 Å². The highest BCUT2D eigenvalue weighted by atomic mass is 16.5. The van der Waals surface area contributed by atoms with Crippen LogP contribution in [0.1, 0.15) is 36.7 Å². The number of ether oxygens (including phenoxy) is 1. The smallest absolute Gasteiger partial charge is 0.270 e. The summed E-state index contributed by atoms with van der Waals surface area (Å²) in [5.74, 6) is 0.435. The third kappa shape index (κ3) is 4.69. The lowest BCUT2D eigenvalue weighted by atomic mass is 9.84. The number of piperidine rings is 1. The molecular formula is C21H29N3O3. The summed E-state index contributed by atoms with van der Waals surface area (Å²) in [7, 11) is 1.66. The zero-order valence-electron chi connectivity index (χ0n) is 16.2. The molecule has 1 aliphatic heterocycles. The number of carbonyl (C=O) groups is 2. The van der Waals surface area contributed by atoms with Crippen LogP contribution in [-0.2, 0) is 9.53 Å². The summed E-state index contributed by atoms with van der Waals surface area (Å²) >= 11 is 0. The van der Waals surface area contributed by atoms with E-state index in [0.717, 1.165) is 30.2 Å². The van der Waals surface area contributed by atoms with Gasteiger partial charge in [0.2, 0.25) is 5.91 Å². The molecule has 1 unspecified atom stereocenters. The van der Waals surface area contributed by atoms with Crippen LogP contribution in [-0.4, -0.2) is 55.0 Å². The predicted molar refractivity (Wildman–Crippen MR) is 106 cm³/mol. The minimum absolute atomic E-state index is 0.0297. The molecule has 1 aromatic carbocycles. The maximum atomic E-state index is 12.8. The first-order valence-corrected chi connectivity index (χ1v) is 9.74. The Morgan fingerprint density at radius 2 is 2.04 bits per heavy atom. The quantitative estimate of drug-likeness (QED) is 0.735. The Labute approximate surface area is 160 Å². The Kier molecular flexibility index (Phi) is 6.50. The van der Waals surface area contributed by atoms with E-state index in [1.807, 2.05) is 42.2 Å². The average molecular weight is 371 g/mol. The molecule has 0 saturated carbocycles. The van der Waals surface area contributed by atoms with Crippen LogP contribution in [0.25, 0.3) is 10.9 Å². The number of nitrogens with one attached hydrogen (secondary N) is 2. The lowest BCUT2D eigenvalue weighted by molar-refractivity contribution is -0.126. The van der Waals surface area contributed by atoms with Crippen molar-refractivity contribution in [1.29, 1.82) is 0 Å². The largest absolute Gasteiger partial charge is 0.385 e. The number of nitrogens with zero attached hydrogens (tertiary/aromatic N) is 1. The van der Waals surface area contributed by atoms with Gasteiger partial charge in [-0.3, -0.25) is 9.59 Å². The molecule has 27 heavy (non-hydrogen) atoms. The summed E-state index contributed by atoms with van der Waals surface area (Å²) in [5.41, 5.74) is 1.62. The highest BCUT2D eigenvalue weighted by Crippen LogP contribution is 2.26. The number of para-hydroxylation sites is 1. The van der Waals surface area contributed by atoms with Crippen molar-refractivity contribution in [1.82, 2.24) is 15.2 Å². The van der Waals surface area contributed by atoms with Gasteiger partial charge in [-0.15, -0.1) is 0 Å². The molecule has 6 heteroatoms. The molecule has 6 nitrogen and oxygen atoms in total. The van der Waals surface area contributed by atoms with Gasteiger partial charge in [-0.1, -0.05) is 25.1 Å². The van der Waals surface area contributed by atoms with Crippen molar-refractivity contribution in [2.24, 2.45) is 11.8 Å². The molecular weight excluding hydrogens is 342 g/mol. The average Bonchev–Trinajstić information content (AvgIpc) is 3.14. The zero-order chi connectivity index (χ0) is 19.2. The highest BCUT2D eigenvalue weighted by Gasteiger charge is 2.30. The third-order valence-electron chi connectivity index (χ3n) is 5.53. The van der Waals surface area contributed by atoms with Crippen molar-refractivity contribution in [2.45, 2.75) is 26.2 Å². The van der Waals surface area contributed by atoms with Crippen molar-refractivity contribution >= 4 is 22.7 Å². The number of hydrogen-bond acceptors (Lipinski definition) is 3. The van der Waals surface area contributed by atoms with Crippen LogP contribution < -0.4 is 5.32 Å². The molecule has 1 aliphatic rings. The van der Waals surface area contributed by atoms with Crippen LogP contribution in [0.15, 0.2) is 30.3 Å². The topological polar surface area (TPSA) is 74.4 Å². The van der Waals surface area contributed by atoms with Gasteiger partial charge in [0.25, 0.3) is 5.91 Å². The molecule has 2 heterocycles. The van der Waals surface area contributed by atoms with Gasteiger partial charge in [-0.25, -0.2) is 0 Å². The van der Waals surface area contributed by atoms with E-state index in [-0.39, 0.29) is 17.7 Å². The second-order valence-electron chi connectivity index (χ2n) is 7.33. The number of H-pyrrole nitrogens is 1. The van der Waals surface area contributed by atoms with Crippen molar-refractivity contribution in [3.63, 3.8) is 0 Å². The van der Waals surface area contributed by atoms with E-state index >= 15 is 0 Å². The molecule has 2 aromatic rings. The van der Waals surface area contributed by atoms with Gasteiger partial charge in [-0.2, -0.15) is 0 Å². The fourth-order valence-corrected chi connectivity index (χ4v) is 3.76. The zero-order valence-corrected chi connectivity index (χ0v) is 16.2. The molecule has 0 aliphatic carbocycles. The number of methoxy groups -OCH3 is 1. The molecule has 2 amide bonds. The van der Waals surface area contributed by atoms with E-state index in [4.69, 9.17) is 4.74 Å². The number of likely N-dealkylation sites (tertiary alicyclic amines) is 1. The Bertz CT molecular complexity index is 745. The normalized spacial score (nSPS) is 16.4. The van der Waals surface area contributed by atoms with Gasteiger partial charge >= 0.3 is 0 Å². The molecule has 0 radical (unpaired) electrons. The van der Waals surface area contributed by atoms with Gasteiger partial charge < -0.3 is 19.9 Å². The molecule has 1 fully saturated rings. The fraction of sp³-hybridized carbons (Fsp3) is 0.524. The number of aromatic amines is 1. The summed E-state index contributed by atoms with van der Waals surface area (Å²) in [5, 5.41) is 4.04. The monoisotopic (exact) mass is 371 g/mol. The Morgan fingerprint density at radius 1 is 1.30 bits per heavy atom. The van der Waals surface area contributed by atoms with E-state index in [1.165, 1.54) is 0 Å². The molecule has 3 rings (SSSR count). The Hall–Kier alpha value is -2.34. The standard InChI is InChI=1S/C21H29N3O3/c1-15(20(25)22-10-5-13-27-2)16-8-11-24(12-9-16)21(26)19-14-17-6-3-4-7-18(17)23-19/h3-4,6-7,14-16,23H,5,8-13H2,1-2H3,(H,22,25). The lowest BCUT2D eigenvalue weighted by Crippen LogP contribution is -2.43. The van der Waals surface area contributed by atoms with E-state index in [2.05, 4.69) is 10.3 Å². The molecule has 146 valence electrons. The Balaban J connectivity index is 1.50. The summed E-state index contributed by atoms with van der Waals surface area (Å²) in [6.07, 6.45) is 2.55. The number of aromatic nitrogens is 1. The van der Waals surface area contributed by atoms with E-state index < -0.39 is 0 Å². The summed E-state index contributed by atoms with van der Waals surface area (Å²) < 4.78 is 5.00. The molecule has 1 aromatic heterocycles. The van der Waals surface area contributed by atoms with Crippen LogP contribution >= 0.6 is 0 Å². The minimum atomic E-state index is -0.0297. The van der Waals surface area contributed by atoms with E-state index in [0.29, 0.717) is 37.9 Å². The van der Waals surface area contributed by atoms with Crippen molar-refractivity contribution in [2.75, 3.05) is 33.4 Å². The first-order chi connectivity index (χ1) is 13.1. The van der Waals surface area contributed by atoms with Crippen LogP contribution in [0, 0.1) is 11.8 Å². The maximum Gasteiger partial charge on any atom is 0.270 e. The van der Waals surface area contributed by atoms with Crippen molar-refractivity contribution < 1.29 is 14.3 Å². The van der Waals surface area contributed by atoms with Crippen LogP contribution in [0.2, 0.25) is 0 Å².